The van der Waals surface area contributed by atoms with Gasteiger partial charge < -0.3 is 10.2 Å². The maximum absolute atomic E-state index is 11.7. The van der Waals surface area contributed by atoms with Crippen molar-refractivity contribution in [1.29, 1.82) is 0 Å². The number of aromatic hydroxyl groups is 1. The molecule has 2 N–H and O–H groups in total. The van der Waals surface area contributed by atoms with E-state index in [9.17, 15) is 10.2 Å². The third-order valence-electron chi connectivity index (χ3n) is 8.12. The number of hydrogen-bond donors (Lipinski definition) is 2. The second-order valence-electron chi connectivity index (χ2n) is 9.41. The molecule has 0 spiro atoms. The number of aryl methyl sites for hydroxylation is 1. The average molecular weight is 498 g/mol. The first-order valence-corrected chi connectivity index (χ1v) is 11.8. The van der Waals surface area contributed by atoms with Crippen LogP contribution in [0.15, 0.2) is 42.5 Å². The molecule has 0 saturated heterocycles. The van der Waals surface area contributed by atoms with Gasteiger partial charge in [0.1, 0.15) is 11.4 Å². The molecule has 5 atom stereocenters. The van der Waals surface area contributed by atoms with E-state index >= 15 is 0 Å². The first-order valence-electron chi connectivity index (χ1n) is 10.7. The molecule has 2 nitrogen and oxygen atoms in total. The molecule has 0 heterocycles. The van der Waals surface area contributed by atoms with E-state index in [1.807, 2.05) is 24.3 Å². The Bertz CT molecular complexity index is 1000. The first kappa shape index (κ1) is 19.5. The number of halogens is 1. The van der Waals surface area contributed by atoms with Gasteiger partial charge >= 0.3 is 0 Å². The minimum absolute atomic E-state index is 0.140. The highest BCUT2D eigenvalue weighted by atomic mass is 127. The van der Waals surface area contributed by atoms with Gasteiger partial charge in [0.15, 0.2) is 0 Å². The van der Waals surface area contributed by atoms with E-state index in [1.54, 1.807) is 0 Å². The summed E-state index contributed by atoms with van der Waals surface area (Å²) in [5.74, 6) is 8.66. The van der Waals surface area contributed by atoms with Crippen molar-refractivity contribution in [3.63, 3.8) is 0 Å². The van der Waals surface area contributed by atoms with E-state index in [1.165, 1.54) is 14.7 Å². The van der Waals surface area contributed by atoms with Crippen molar-refractivity contribution in [3.05, 3.63) is 62.7 Å². The minimum Gasteiger partial charge on any atom is -0.508 e. The maximum Gasteiger partial charge on any atom is 0.131 e. The van der Waals surface area contributed by atoms with E-state index in [4.69, 9.17) is 0 Å². The van der Waals surface area contributed by atoms with Crippen LogP contribution in [0, 0.1) is 32.7 Å². The van der Waals surface area contributed by atoms with Crippen LogP contribution in [-0.4, -0.2) is 15.8 Å². The van der Waals surface area contributed by atoms with Crippen molar-refractivity contribution in [2.75, 3.05) is 0 Å². The van der Waals surface area contributed by atoms with Crippen LogP contribution in [-0.2, 0) is 6.42 Å². The van der Waals surface area contributed by atoms with Gasteiger partial charge in [0.05, 0.1) is 0 Å². The van der Waals surface area contributed by atoms with Gasteiger partial charge in [-0.15, -0.1) is 0 Å². The monoisotopic (exact) mass is 498 g/mol. The van der Waals surface area contributed by atoms with Gasteiger partial charge in [-0.25, -0.2) is 0 Å². The summed E-state index contributed by atoms with van der Waals surface area (Å²) in [5, 5.41) is 21.5. The third kappa shape index (κ3) is 3.11. The van der Waals surface area contributed by atoms with Gasteiger partial charge in [-0.2, -0.15) is 0 Å². The number of phenols is 1. The zero-order chi connectivity index (χ0) is 20.2. The Balaban J connectivity index is 1.44. The molecule has 0 aromatic heterocycles. The lowest BCUT2D eigenvalue weighted by Crippen LogP contribution is -2.50. The van der Waals surface area contributed by atoms with Gasteiger partial charge in [0.25, 0.3) is 0 Å². The molecule has 0 amide bonds. The van der Waals surface area contributed by atoms with E-state index in [2.05, 4.69) is 59.6 Å². The zero-order valence-electron chi connectivity index (χ0n) is 16.8. The second kappa shape index (κ2) is 7.03. The lowest BCUT2D eigenvalue weighted by Gasteiger charge is -2.52. The normalized spacial score (nSPS) is 35.1. The van der Waals surface area contributed by atoms with E-state index in [0.29, 0.717) is 23.5 Å². The molecule has 5 rings (SSSR count). The van der Waals surface area contributed by atoms with Crippen LogP contribution in [0.5, 0.6) is 5.75 Å². The van der Waals surface area contributed by atoms with Crippen molar-refractivity contribution in [2.45, 2.75) is 57.0 Å². The molecule has 2 aromatic rings. The molecular formula is C26H27IO2. The lowest BCUT2D eigenvalue weighted by molar-refractivity contribution is -0.0647. The second-order valence-corrected chi connectivity index (χ2v) is 10.7. The Kier molecular flexibility index (Phi) is 4.71. The Morgan fingerprint density at radius 2 is 1.83 bits per heavy atom. The SMILES string of the molecule is C[C@]12CC[C@@H]3c4ccc(O)cc4CC[C@H]3[C@@H]1CC[C@@]2(O)C#Cc1ccc(I)cc1. The standard InChI is InChI=1S/C26H27IO2/c1-25-13-11-22-21-9-7-20(28)16-18(21)4-8-23(22)24(25)12-15-26(25,29)14-10-17-2-5-19(27)6-3-17/h2-3,5-7,9,16,22-24,28-29H,4,8,11-13,15H2,1H3/t22-,23-,24+,25+,26+/m1/s1. The van der Waals surface area contributed by atoms with Crippen molar-refractivity contribution >= 4 is 22.6 Å². The van der Waals surface area contributed by atoms with Crippen molar-refractivity contribution in [3.8, 4) is 17.6 Å². The van der Waals surface area contributed by atoms with Crippen LogP contribution in [0.2, 0.25) is 0 Å². The number of rotatable bonds is 0. The zero-order valence-corrected chi connectivity index (χ0v) is 18.9. The van der Waals surface area contributed by atoms with Crippen LogP contribution in [0.4, 0.5) is 0 Å². The summed E-state index contributed by atoms with van der Waals surface area (Å²) in [6.45, 7) is 2.29. The molecular weight excluding hydrogens is 471 g/mol. The van der Waals surface area contributed by atoms with Crippen molar-refractivity contribution in [2.24, 2.45) is 17.3 Å². The number of hydrogen-bond acceptors (Lipinski definition) is 2. The highest BCUT2D eigenvalue weighted by Gasteiger charge is 2.61. The predicted molar refractivity (Wildman–Crippen MR) is 124 cm³/mol. The molecule has 0 bridgehead atoms. The van der Waals surface area contributed by atoms with Crippen LogP contribution >= 0.6 is 22.6 Å². The number of aliphatic hydroxyl groups is 1. The van der Waals surface area contributed by atoms with Crippen molar-refractivity contribution in [1.82, 2.24) is 0 Å². The Morgan fingerprint density at radius 3 is 2.62 bits per heavy atom. The summed E-state index contributed by atoms with van der Waals surface area (Å²) in [4.78, 5) is 0. The van der Waals surface area contributed by atoms with Gasteiger partial charge in [0, 0.05) is 14.5 Å². The van der Waals surface area contributed by atoms with Gasteiger partial charge in [-0.1, -0.05) is 24.8 Å². The van der Waals surface area contributed by atoms with Gasteiger partial charge in [0.2, 0.25) is 0 Å². The largest absolute Gasteiger partial charge is 0.508 e. The highest BCUT2D eigenvalue weighted by Crippen LogP contribution is 2.64. The molecule has 3 heteroatoms. The fraction of sp³-hybridized carbons (Fsp3) is 0.462. The molecule has 2 saturated carbocycles. The molecule has 3 aliphatic rings. The van der Waals surface area contributed by atoms with Crippen LogP contribution < -0.4 is 0 Å². The number of fused-ring (bicyclic) bond motifs is 5. The molecule has 2 aromatic carbocycles. The predicted octanol–water partition coefficient (Wildman–Crippen LogP) is 5.64. The van der Waals surface area contributed by atoms with E-state index in [-0.39, 0.29) is 5.41 Å². The van der Waals surface area contributed by atoms with E-state index < -0.39 is 5.60 Å². The maximum atomic E-state index is 11.7. The minimum atomic E-state index is -0.902. The summed E-state index contributed by atoms with van der Waals surface area (Å²) >= 11 is 2.30. The first-order chi connectivity index (χ1) is 13.9. The van der Waals surface area contributed by atoms with Gasteiger partial charge in [-0.05, 0) is 126 Å². The highest BCUT2D eigenvalue weighted by molar-refractivity contribution is 14.1. The summed E-state index contributed by atoms with van der Waals surface area (Å²) in [5.41, 5.74) is 2.69. The number of phenolic OH excluding ortho intramolecular Hbond substituents is 1. The Labute approximate surface area is 186 Å². The smallest absolute Gasteiger partial charge is 0.131 e. The quantitative estimate of drug-likeness (QED) is 0.365. The van der Waals surface area contributed by atoms with Crippen molar-refractivity contribution < 1.29 is 10.2 Å². The van der Waals surface area contributed by atoms with Crippen LogP contribution in [0.3, 0.4) is 0 Å². The fourth-order valence-electron chi connectivity index (χ4n) is 6.50. The molecule has 0 unspecified atom stereocenters. The third-order valence-corrected chi connectivity index (χ3v) is 8.84. The number of benzene rings is 2. The average Bonchev–Trinajstić information content (AvgIpc) is 2.98. The summed E-state index contributed by atoms with van der Waals surface area (Å²) < 4.78 is 1.20. The molecule has 0 aliphatic heterocycles. The van der Waals surface area contributed by atoms with E-state index in [0.717, 1.165) is 44.1 Å². The van der Waals surface area contributed by atoms with Crippen LogP contribution in [0.25, 0.3) is 0 Å². The van der Waals surface area contributed by atoms with Gasteiger partial charge in [-0.3, -0.25) is 0 Å². The fourth-order valence-corrected chi connectivity index (χ4v) is 6.86. The van der Waals surface area contributed by atoms with Crippen LogP contribution in [0.1, 0.15) is 61.6 Å². The lowest BCUT2D eigenvalue weighted by atomic mass is 9.53. The molecule has 2 fully saturated rings. The Morgan fingerprint density at radius 1 is 1.03 bits per heavy atom. The summed E-state index contributed by atoms with van der Waals surface area (Å²) in [7, 11) is 0. The summed E-state index contributed by atoms with van der Waals surface area (Å²) in [6.07, 6.45) is 6.13. The molecule has 0 radical (unpaired) electrons. The molecule has 150 valence electrons. The summed E-state index contributed by atoms with van der Waals surface area (Å²) in [6, 6.07) is 14.1. The Hall–Kier alpha value is -1.51. The topological polar surface area (TPSA) is 40.5 Å². The molecule has 3 aliphatic carbocycles. The molecule has 29 heavy (non-hydrogen) atoms.